The van der Waals surface area contributed by atoms with Gasteiger partial charge in [0.25, 0.3) is 0 Å². The van der Waals surface area contributed by atoms with Crippen molar-refractivity contribution >= 4 is 5.69 Å². The molecule has 4 heteroatoms. The molecular formula is C19H24N2O2. The number of hydrogen-bond acceptors (Lipinski definition) is 4. The second-order valence-corrected chi connectivity index (χ2v) is 5.78. The number of methoxy groups -OCH3 is 2. The molecule has 0 radical (unpaired) electrons. The van der Waals surface area contributed by atoms with E-state index in [4.69, 9.17) is 9.47 Å². The molecule has 0 saturated carbocycles. The van der Waals surface area contributed by atoms with Crippen molar-refractivity contribution < 1.29 is 9.47 Å². The molecule has 0 aliphatic carbocycles. The van der Waals surface area contributed by atoms with Crippen molar-refractivity contribution in [1.82, 2.24) is 4.90 Å². The highest BCUT2D eigenvalue weighted by molar-refractivity contribution is 5.46. The fourth-order valence-corrected chi connectivity index (χ4v) is 3.05. The van der Waals surface area contributed by atoms with Gasteiger partial charge < -0.3 is 14.4 Å². The standard InChI is InChI=1S/C19H24N2O2/c1-22-18-8-9-19(23-2)16(14-18)15-20-10-12-21(13-11-20)17-6-4-3-5-7-17/h3-9,14H,10-13,15H2,1-2H3. The number of benzene rings is 2. The third kappa shape index (κ3) is 3.77. The van der Waals surface area contributed by atoms with Gasteiger partial charge in [0, 0.05) is 44.0 Å². The van der Waals surface area contributed by atoms with E-state index < -0.39 is 0 Å². The zero-order valence-electron chi connectivity index (χ0n) is 13.9. The molecule has 0 bridgehead atoms. The summed E-state index contributed by atoms with van der Waals surface area (Å²) in [6.45, 7) is 5.10. The molecule has 0 atom stereocenters. The summed E-state index contributed by atoms with van der Waals surface area (Å²) < 4.78 is 10.8. The quantitative estimate of drug-likeness (QED) is 0.847. The van der Waals surface area contributed by atoms with Gasteiger partial charge in [-0.2, -0.15) is 0 Å². The Balaban J connectivity index is 1.63. The molecule has 1 saturated heterocycles. The van der Waals surface area contributed by atoms with Gasteiger partial charge in [-0.05, 0) is 30.3 Å². The molecule has 0 spiro atoms. The maximum absolute atomic E-state index is 5.48. The molecule has 3 rings (SSSR count). The topological polar surface area (TPSA) is 24.9 Å². The van der Waals surface area contributed by atoms with Gasteiger partial charge in [0.05, 0.1) is 14.2 Å². The van der Waals surface area contributed by atoms with E-state index in [0.29, 0.717) is 0 Å². The van der Waals surface area contributed by atoms with Crippen molar-refractivity contribution in [3.05, 3.63) is 54.1 Å². The molecule has 1 heterocycles. The summed E-state index contributed by atoms with van der Waals surface area (Å²) in [5.74, 6) is 1.81. The fourth-order valence-electron chi connectivity index (χ4n) is 3.05. The van der Waals surface area contributed by atoms with Gasteiger partial charge in [-0.15, -0.1) is 0 Å². The van der Waals surface area contributed by atoms with Crippen LogP contribution in [0.2, 0.25) is 0 Å². The van der Waals surface area contributed by atoms with Crippen LogP contribution in [0, 0.1) is 0 Å². The Morgan fingerprint density at radius 3 is 2.26 bits per heavy atom. The molecule has 0 unspecified atom stereocenters. The lowest BCUT2D eigenvalue weighted by molar-refractivity contribution is 0.245. The van der Waals surface area contributed by atoms with E-state index in [1.807, 2.05) is 12.1 Å². The molecule has 4 nitrogen and oxygen atoms in total. The smallest absolute Gasteiger partial charge is 0.123 e. The van der Waals surface area contributed by atoms with Crippen LogP contribution in [0.5, 0.6) is 11.5 Å². The highest BCUT2D eigenvalue weighted by atomic mass is 16.5. The predicted molar refractivity (Wildman–Crippen MR) is 93.5 cm³/mol. The number of para-hydroxylation sites is 1. The summed E-state index contributed by atoms with van der Waals surface area (Å²) >= 11 is 0. The first-order valence-corrected chi connectivity index (χ1v) is 8.03. The zero-order valence-corrected chi connectivity index (χ0v) is 13.9. The lowest BCUT2D eigenvalue weighted by atomic mass is 10.1. The SMILES string of the molecule is COc1ccc(OC)c(CN2CCN(c3ccccc3)CC2)c1. The van der Waals surface area contributed by atoms with Gasteiger partial charge in [-0.1, -0.05) is 18.2 Å². The Labute approximate surface area is 138 Å². The van der Waals surface area contributed by atoms with E-state index >= 15 is 0 Å². The summed E-state index contributed by atoms with van der Waals surface area (Å²) in [4.78, 5) is 4.91. The summed E-state index contributed by atoms with van der Waals surface area (Å²) in [5, 5.41) is 0. The van der Waals surface area contributed by atoms with Crippen LogP contribution in [0.1, 0.15) is 5.56 Å². The maximum Gasteiger partial charge on any atom is 0.123 e. The second-order valence-electron chi connectivity index (χ2n) is 5.78. The molecule has 0 N–H and O–H groups in total. The molecular weight excluding hydrogens is 288 g/mol. The number of anilines is 1. The summed E-state index contributed by atoms with van der Waals surface area (Å²) in [5.41, 5.74) is 2.49. The zero-order chi connectivity index (χ0) is 16.1. The van der Waals surface area contributed by atoms with Crippen molar-refractivity contribution in [1.29, 1.82) is 0 Å². The summed E-state index contributed by atoms with van der Waals surface area (Å²) in [6.07, 6.45) is 0. The summed E-state index contributed by atoms with van der Waals surface area (Å²) in [7, 11) is 3.42. The first-order valence-electron chi connectivity index (χ1n) is 8.03. The Morgan fingerprint density at radius 2 is 1.61 bits per heavy atom. The summed E-state index contributed by atoms with van der Waals surface area (Å²) in [6, 6.07) is 16.6. The maximum atomic E-state index is 5.48. The lowest BCUT2D eigenvalue weighted by Gasteiger charge is -2.36. The number of piperazine rings is 1. The van der Waals surface area contributed by atoms with E-state index in [2.05, 4.69) is 46.2 Å². The third-order valence-electron chi connectivity index (χ3n) is 4.38. The van der Waals surface area contributed by atoms with Gasteiger partial charge in [0.15, 0.2) is 0 Å². The Morgan fingerprint density at radius 1 is 0.870 bits per heavy atom. The minimum atomic E-state index is 0.878. The van der Waals surface area contributed by atoms with Crippen LogP contribution in [0.15, 0.2) is 48.5 Å². The van der Waals surface area contributed by atoms with Gasteiger partial charge >= 0.3 is 0 Å². The van der Waals surface area contributed by atoms with Crippen LogP contribution in [0.3, 0.4) is 0 Å². The van der Waals surface area contributed by atoms with Crippen molar-refractivity contribution in [3.8, 4) is 11.5 Å². The molecule has 0 aromatic heterocycles. The molecule has 1 aliphatic heterocycles. The van der Waals surface area contributed by atoms with Crippen molar-refractivity contribution in [2.75, 3.05) is 45.3 Å². The Kier molecular flexibility index (Phi) is 5.03. The predicted octanol–water partition coefficient (Wildman–Crippen LogP) is 3.03. The van der Waals surface area contributed by atoms with Crippen molar-refractivity contribution in [3.63, 3.8) is 0 Å². The van der Waals surface area contributed by atoms with Gasteiger partial charge in [0.2, 0.25) is 0 Å². The molecule has 23 heavy (non-hydrogen) atoms. The molecule has 2 aromatic rings. The first kappa shape index (κ1) is 15.7. The molecule has 0 amide bonds. The highest BCUT2D eigenvalue weighted by Crippen LogP contribution is 2.26. The van der Waals surface area contributed by atoms with E-state index in [1.165, 1.54) is 11.3 Å². The Bertz CT molecular complexity index is 623. The monoisotopic (exact) mass is 312 g/mol. The third-order valence-corrected chi connectivity index (χ3v) is 4.38. The highest BCUT2D eigenvalue weighted by Gasteiger charge is 2.18. The average molecular weight is 312 g/mol. The van der Waals surface area contributed by atoms with Crippen LogP contribution in [-0.4, -0.2) is 45.3 Å². The van der Waals surface area contributed by atoms with E-state index in [-0.39, 0.29) is 0 Å². The molecule has 2 aromatic carbocycles. The van der Waals surface area contributed by atoms with Gasteiger partial charge in [-0.25, -0.2) is 0 Å². The second kappa shape index (κ2) is 7.38. The van der Waals surface area contributed by atoms with E-state index in [1.54, 1.807) is 14.2 Å². The van der Waals surface area contributed by atoms with Crippen molar-refractivity contribution in [2.45, 2.75) is 6.54 Å². The van der Waals surface area contributed by atoms with E-state index in [9.17, 15) is 0 Å². The fraction of sp³-hybridized carbons (Fsp3) is 0.368. The van der Waals surface area contributed by atoms with Crippen LogP contribution in [0.25, 0.3) is 0 Å². The number of ether oxygens (including phenoxy) is 2. The number of nitrogens with zero attached hydrogens (tertiary/aromatic N) is 2. The van der Waals surface area contributed by atoms with Crippen LogP contribution < -0.4 is 14.4 Å². The number of rotatable bonds is 5. The van der Waals surface area contributed by atoms with Crippen LogP contribution in [0.4, 0.5) is 5.69 Å². The average Bonchev–Trinajstić information content (AvgIpc) is 2.63. The number of hydrogen-bond donors (Lipinski definition) is 0. The largest absolute Gasteiger partial charge is 0.497 e. The lowest BCUT2D eigenvalue weighted by Crippen LogP contribution is -2.46. The van der Waals surface area contributed by atoms with Crippen LogP contribution in [-0.2, 0) is 6.54 Å². The van der Waals surface area contributed by atoms with Crippen molar-refractivity contribution in [2.24, 2.45) is 0 Å². The molecule has 122 valence electrons. The Hall–Kier alpha value is -2.20. The molecule has 1 aliphatic rings. The molecule has 1 fully saturated rings. The van der Waals surface area contributed by atoms with Crippen LogP contribution >= 0.6 is 0 Å². The first-order chi connectivity index (χ1) is 11.3. The van der Waals surface area contributed by atoms with E-state index in [0.717, 1.165) is 44.2 Å². The van der Waals surface area contributed by atoms with Gasteiger partial charge in [-0.3, -0.25) is 4.90 Å². The minimum absolute atomic E-state index is 0.878. The normalized spacial score (nSPS) is 15.5. The minimum Gasteiger partial charge on any atom is -0.497 e. The van der Waals surface area contributed by atoms with Gasteiger partial charge in [0.1, 0.15) is 11.5 Å².